The summed E-state index contributed by atoms with van der Waals surface area (Å²) in [6.07, 6.45) is 2.11. The van der Waals surface area contributed by atoms with E-state index in [1.807, 2.05) is 0 Å². The summed E-state index contributed by atoms with van der Waals surface area (Å²) in [7, 11) is 1.55. The molecule has 0 aliphatic heterocycles. The summed E-state index contributed by atoms with van der Waals surface area (Å²) < 4.78 is 7.56. The van der Waals surface area contributed by atoms with Crippen LogP contribution in [0.5, 0.6) is 5.75 Å². The van der Waals surface area contributed by atoms with Gasteiger partial charge in [0.1, 0.15) is 5.75 Å². The quantitative estimate of drug-likeness (QED) is 0.433. The Labute approximate surface area is 167 Å². The first-order valence-corrected chi connectivity index (χ1v) is 9.75. The third kappa shape index (κ3) is 5.33. The summed E-state index contributed by atoms with van der Waals surface area (Å²) in [5.74, 6) is 0.804. The number of urea groups is 1. The van der Waals surface area contributed by atoms with Gasteiger partial charge >= 0.3 is 6.03 Å². The molecule has 0 saturated heterocycles. The SMILES string of the molecule is CCCCn1c(C)c(C)sc1=NC(=NNC(N)=O)c1cc(Cl)ccc1OC. The number of ether oxygens (including phenoxy) is 1. The van der Waals surface area contributed by atoms with Gasteiger partial charge in [-0.1, -0.05) is 24.9 Å². The maximum absolute atomic E-state index is 11.2. The third-order valence-electron chi connectivity index (χ3n) is 4.00. The summed E-state index contributed by atoms with van der Waals surface area (Å²) in [6.45, 7) is 7.13. The molecule has 2 amide bonds. The minimum atomic E-state index is -0.777. The van der Waals surface area contributed by atoms with Crippen LogP contribution in [0.25, 0.3) is 0 Å². The van der Waals surface area contributed by atoms with E-state index in [4.69, 9.17) is 27.1 Å². The zero-order valence-electron chi connectivity index (χ0n) is 15.9. The average molecular weight is 410 g/mol. The van der Waals surface area contributed by atoms with E-state index >= 15 is 0 Å². The van der Waals surface area contributed by atoms with Crippen molar-refractivity contribution in [2.45, 2.75) is 40.2 Å². The lowest BCUT2D eigenvalue weighted by Crippen LogP contribution is -2.27. The molecule has 0 atom stereocenters. The molecule has 7 nitrogen and oxygen atoms in total. The monoisotopic (exact) mass is 409 g/mol. The van der Waals surface area contributed by atoms with Gasteiger partial charge < -0.3 is 15.0 Å². The van der Waals surface area contributed by atoms with Crippen LogP contribution in [0.2, 0.25) is 5.02 Å². The van der Waals surface area contributed by atoms with Crippen LogP contribution in [0.4, 0.5) is 4.79 Å². The van der Waals surface area contributed by atoms with Crippen LogP contribution in [0, 0.1) is 13.8 Å². The predicted molar refractivity (Wildman–Crippen MR) is 110 cm³/mol. The van der Waals surface area contributed by atoms with E-state index in [1.54, 1.807) is 36.6 Å². The Morgan fingerprint density at radius 3 is 2.78 bits per heavy atom. The van der Waals surface area contributed by atoms with E-state index in [-0.39, 0.29) is 5.84 Å². The molecule has 0 bridgehead atoms. The molecule has 2 aromatic rings. The minimum Gasteiger partial charge on any atom is -0.496 e. The number of thiazole rings is 1. The molecule has 0 saturated carbocycles. The molecule has 0 unspecified atom stereocenters. The molecule has 1 aromatic carbocycles. The molecule has 0 aliphatic rings. The second kappa shape index (κ2) is 9.57. The number of aromatic nitrogens is 1. The van der Waals surface area contributed by atoms with E-state index in [9.17, 15) is 4.79 Å². The van der Waals surface area contributed by atoms with Crippen molar-refractivity contribution < 1.29 is 9.53 Å². The number of methoxy groups -OCH3 is 1. The zero-order chi connectivity index (χ0) is 20.0. The van der Waals surface area contributed by atoms with E-state index in [0.717, 1.165) is 29.9 Å². The normalized spacial score (nSPS) is 12.3. The van der Waals surface area contributed by atoms with Crippen LogP contribution >= 0.6 is 22.9 Å². The highest BCUT2D eigenvalue weighted by Gasteiger charge is 2.13. The van der Waals surface area contributed by atoms with Crippen LogP contribution in [-0.2, 0) is 6.54 Å². The first-order valence-electron chi connectivity index (χ1n) is 8.56. The topological polar surface area (TPSA) is 94.0 Å². The summed E-state index contributed by atoms with van der Waals surface area (Å²) in [5, 5.41) is 4.58. The molecule has 27 heavy (non-hydrogen) atoms. The van der Waals surface area contributed by atoms with E-state index in [1.165, 1.54) is 4.88 Å². The van der Waals surface area contributed by atoms with Gasteiger partial charge in [0.2, 0.25) is 0 Å². The van der Waals surface area contributed by atoms with Crippen molar-refractivity contribution in [3.05, 3.63) is 44.2 Å². The number of unbranched alkanes of at least 4 members (excludes halogenated alkanes) is 1. The molecular weight excluding hydrogens is 386 g/mol. The summed E-state index contributed by atoms with van der Waals surface area (Å²) in [5.41, 5.74) is 9.15. The number of amidine groups is 1. The molecule has 0 radical (unpaired) electrons. The van der Waals surface area contributed by atoms with Gasteiger partial charge in [-0.3, -0.25) is 0 Å². The van der Waals surface area contributed by atoms with Crippen molar-refractivity contribution in [2.24, 2.45) is 15.8 Å². The highest BCUT2D eigenvalue weighted by Crippen LogP contribution is 2.24. The molecule has 146 valence electrons. The van der Waals surface area contributed by atoms with Gasteiger partial charge in [0.15, 0.2) is 10.6 Å². The number of hydrazone groups is 1. The lowest BCUT2D eigenvalue weighted by Gasteiger charge is -2.09. The molecular formula is C18H24ClN5O2S. The zero-order valence-corrected chi connectivity index (χ0v) is 17.4. The minimum absolute atomic E-state index is 0.264. The fourth-order valence-electron chi connectivity index (χ4n) is 2.46. The van der Waals surface area contributed by atoms with Gasteiger partial charge in [0, 0.05) is 22.1 Å². The Morgan fingerprint density at radius 2 is 2.15 bits per heavy atom. The first kappa shape index (κ1) is 21.0. The molecule has 1 heterocycles. The Balaban J connectivity index is 2.66. The maximum atomic E-state index is 11.2. The van der Waals surface area contributed by atoms with Gasteiger partial charge in [-0.2, -0.15) is 10.1 Å². The highest BCUT2D eigenvalue weighted by molar-refractivity contribution is 7.09. The largest absolute Gasteiger partial charge is 0.496 e. The number of hydrogen-bond donors (Lipinski definition) is 2. The Bertz CT molecular complexity index is 917. The average Bonchev–Trinajstić information content (AvgIpc) is 2.90. The molecule has 0 spiro atoms. The number of nitrogens with zero attached hydrogens (tertiary/aromatic N) is 3. The summed E-state index contributed by atoms with van der Waals surface area (Å²) >= 11 is 7.71. The Morgan fingerprint density at radius 1 is 1.41 bits per heavy atom. The van der Waals surface area contributed by atoms with Crippen molar-refractivity contribution in [1.82, 2.24) is 9.99 Å². The van der Waals surface area contributed by atoms with Gasteiger partial charge in [-0.25, -0.2) is 10.2 Å². The lowest BCUT2D eigenvalue weighted by atomic mass is 10.2. The van der Waals surface area contributed by atoms with Crippen LogP contribution in [0.15, 0.2) is 28.3 Å². The van der Waals surface area contributed by atoms with Gasteiger partial charge in [0.25, 0.3) is 0 Å². The predicted octanol–water partition coefficient (Wildman–Crippen LogP) is 3.56. The number of nitrogens with two attached hydrogens (primary N) is 1. The number of aryl methyl sites for hydroxylation is 1. The van der Waals surface area contributed by atoms with Gasteiger partial charge in [0.05, 0.1) is 12.7 Å². The Hall–Kier alpha value is -2.32. The number of rotatable bonds is 6. The van der Waals surface area contributed by atoms with Crippen LogP contribution in [0.1, 0.15) is 35.9 Å². The lowest BCUT2D eigenvalue weighted by molar-refractivity contribution is 0.249. The van der Waals surface area contributed by atoms with Crippen molar-refractivity contribution in [1.29, 1.82) is 0 Å². The molecule has 9 heteroatoms. The van der Waals surface area contributed by atoms with E-state index in [0.29, 0.717) is 16.3 Å². The number of primary amides is 1. The molecule has 2 rings (SSSR count). The number of carbonyl (C=O) groups excluding carboxylic acids is 1. The van der Waals surface area contributed by atoms with Crippen molar-refractivity contribution in [3.8, 4) is 5.75 Å². The number of nitrogens with one attached hydrogen (secondary N) is 1. The molecule has 0 aliphatic carbocycles. The number of benzene rings is 1. The second-order valence-electron chi connectivity index (χ2n) is 5.90. The third-order valence-corrected chi connectivity index (χ3v) is 5.33. The highest BCUT2D eigenvalue weighted by atomic mass is 35.5. The fourth-order valence-corrected chi connectivity index (χ4v) is 3.64. The number of amides is 2. The van der Waals surface area contributed by atoms with Crippen LogP contribution < -0.4 is 20.7 Å². The first-order chi connectivity index (χ1) is 12.9. The summed E-state index contributed by atoms with van der Waals surface area (Å²) in [4.78, 5) is 17.8. The van der Waals surface area contributed by atoms with Gasteiger partial charge in [-0.15, -0.1) is 11.3 Å². The van der Waals surface area contributed by atoms with Crippen molar-refractivity contribution >= 4 is 34.8 Å². The van der Waals surface area contributed by atoms with Gasteiger partial charge in [-0.05, 0) is 38.5 Å². The fraction of sp³-hybridized carbons (Fsp3) is 0.389. The summed E-state index contributed by atoms with van der Waals surface area (Å²) in [6, 6.07) is 4.35. The standard InChI is InChI=1S/C18H24ClN5O2S/c1-5-6-9-24-11(2)12(3)27-18(24)21-16(22-23-17(20)25)14-10-13(19)7-8-15(14)26-4/h7-8,10H,5-6,9H2,1-4H3,(H3,20,23,25). The number of hydrogen-bond acceptors (Lipinski definition) is 4. The van der Waals surface area contributed by atoms with E-state index in [2.05, 4.69) is 35.9 Å². The second-order valence-corrected chi connectivity index (χ2v) is 7.52. The van der Waals surface area contributed by atoms with Crippen LogP contribution in [-0.4, -0.2) is 23.5 Å². The number of halogens is 1. The molecule has 1 aromatic heterocycles. The smallest absolute Gasteiger partial charge is 0.332 e. The molecule has 0 fully saturated rings. The van der Waals surface area contributed by atoms with Crippen molar-refractivity contribution in [3.63, 3.8) is 0 Å². The molecule has 3 N–H and O–H groups in total. The van der Waals surface area contributed by atoms with Crippen molar-refractivity contribution in [2.75, 3.05) is 7.11 Å². The number of carbonyl (C=O) groups is 1. The maximum Gasteiger partial charge on any atom is 0.332 e. The Kier molecular flexibility index (Phi) is 7.44. The van der Waals surface area contributed by atoms with Crippen LogP contribution in [0.3, 0.4) is 0 Å². The van der Waals surface area contributed by atoms with E-state index < -0.39 is 6.03 Å².